The highest BCUT2D eigenvalue weighted by molar-refractivity contribution is 4.50. The fourth-order valence-electron chi connectivity index (χ4n) is 1.18. The minimum absolute atomic E-state index is 0. The number of ether oxygens (including phenoxy) is 1. The van der Waals surface area contributed by atoms with Gasteiger partial charge in [0.05, 0.1) is 27.3 Å². The molecular formula is C8H20INO3. The molecule has 0 radical (unpaired) electrons. The monoisotopic (exact) mass is 305 g/mol. The predicted molar refractivity (Wildman–Crippen MR) is 46.8 cm³/mol. The largest absolute Gasteiger partial charge is 1.00 e. The number of methoxy groups -OCH3 is 1. The van der Waals surface area contributed by atoms with E-state index in [2.05, 4.69) is 0 Å². The van der Waals surface area contributed by atoms with Crippen LogP contribution in [0.3, 0.4) is 0 Å². The van der Waals surface area contributed by atoms with Crippen molar-refractivity contribution >= 4 is 0 Å². The summed E-state index contributed by atoms with van der Waals surface area (Å²) in [6.07, 6.45) is -0.448. The zero-order chi connectivity index (χ0) is 9.61. The third kappa shape index (κ3) is 8.89. The highest BCUT2D eigenvalue weighted by atomic mass is 127. The SMILES string of the molecule is COCC(O)C[N+](C)(C)CCO.[I-]. The number of aliphatic hydroxyl groups is 2. The van der Waals surface area contributed by atoms with Gasteiger partial charge in [0.2, 0.25) is 0 Å². The molecule has 0 aliphatic rings. The summed E-state index contributed by atoms with van der Waals surface area (Å²) in [5, 5.41) is 18.1. The molecule has 0 aromatic heterocycles. The average molecular weight is 305 g/mol. The molecule has 2 N–H and O–H groups in total. The molecule has 0 rings (SSSR count). The van der Waals surface area contributed by atoms with Crippen LogP contribution >= 0.6 is 0 Å². The van der Waals surface area contributed by atoms with Crippen LogP contribution in [0.1, 0.15) is 0 Å². The summed E-state index contributed by atoms with van der Waals surface area (Å²) in [5.41, 5.74) is 0. The highest BCUT2D eigenvalue weighted by Gasteiger charge is 2.19. The smallest absolute Gasteiger partial charge is 0.126 e. The van der Waals surface area contributed by atoms with Gasteiger partial charge in [-0.2, -0.15) is 0 Å². The van der Waals surface area contributed by atoms with Crippen molar-refractivity contribution in [3.63, 3.8) is 0 Å². The topological polar surface area (TPSA) is 49.7 Å². The summed E-state index contributed by atoms with van der Waals surface area (Å²) in [5.74, 6) is 0. The molecule has 4 nitrogen and oxygen atoms in total. The van der Waals surface area contributed by atoms with E-state index in [1.165, 1.54) is 0 Å². The fraction of sp³-hybridized carbons (Fsp3) is 1.00. The van der Waals surface area contributed by atoms with Crippen molar-refractivity contribution in [3.8, 4) is 0 Å². The summed E-state index contributed by atoms with van der Waals surface area (Å²) >= 11 is 0. The molecule has 0 heterocycles. The minimum Gasteiger partial charge on any atom is -1.00 e. The molecule has 5 heteroatoms. The lowest BCUT2D eigenvalue weighted by Gasteiger charge is -2.30. The molecule has 1 unspecified atom stereocenters. The Hall–Kier alpha value is 0.570. The van der Waals surface area contributed by atoms with Crippen molar-refractivity contribution in [1.82, 2.24) is 0 Å². The quantitative estimate of drug-likeness (QED) is 0.389. The molecule has 0 spiro atoms. The number of hydrogen-bond acceptors (Lipinski definition) is 3. The van der Waals surface area contributed by atoms with Gasteiger partial charge in [-0.15, -0.1) is 0 Å². The molecule has 0 aliphatic carbocycles. The summed E-state index contributed by atoms with van der Waals surface area (Å²) in [6.45, 7) is 1.76. The number of aliphatic hydroxyl groups excluding tert-OH is 2. The Balaban J connectivity index is 0. The van der Waals surface area contributed by atoms with E-state index >= 15 is 0 Å². The van der Waals surface area contributed by atoms with E-state index in [1.807, 2.05) is 14.1 Å². The van der Waals surface area contributed by atoms with Crippen molar-refractivity contribution in [2.45, 2.75) is 6.10 Å². The van der Waals surface area contributed by atoms with Crippen LogP contribution in [0, 0.1) is 0 Å². The molecule has 0 fully saturated rings. The van der Waals surface area contributed by atoms with Crippen molar-refractivity contribution in [1.29, 1.82) is 0 Å². The molecule has 0 aromatic rings. The third-order valence-corrected chi connectivity index (χ3v) is 1.77. The van der Waals surface area contributed by atoms with Crippen molar-refractivity contribution < 1.29 is 43.4 Å². The van der Waals surface area contributed by atoms with Gasteiger partial charge >= 0.3 is 0 Å². The molecule has 1 atom stereocenters. The molecule has 13 heavy (non-hydrogen) atoms. The first kappa shape index (κ1) is 16.0. The molecule has 0 bridgehead atoms. The first-order chi connectivity index (χ1) is 5.52. The number of rotatable bonds is 6. The van der Waals surface area contributed by atoms with Crippen LogP contribution in [0.2, 0.25) is 0 Å². The number of likely N-dealkylation sites (N-methyl/N-ethyl adjacent to an activating group) is 1. The molecule has 0 saturated heterocycles. The Morgan fingerprint density at radius 2 is 1.92 bits per heavy atom. The number of nitrogens with zero attached hydrogens (tertiary/aromatic N) is 1. The maximum atomic E-state index is 9.39. The van der Waals surface area contributed by atoms with Gasteiger partial charge in [0, 0.05) is 7.11 Å². The van der Waals surface area contributed by atoms with E-state index < -0.39 is 6.10 Å². The maximum Gasteiger partial charge on any atom is 0.126 e. The standard InChI is InChI=1S/C8H20NO3.HI/c1-9(2,4-5-10)6-8(11)7-12-3;/h8,10-11H,4-7H2,1-3H3;1H/q+1;/p-1. The average Bonchev–Trinajstić information content (AvgIpc) is 1.85. The second-order valence-corrected chi connectivity index (χ2v) is 3.67. The van der Waals surface area contributed by atoms with Gasteiger partial charge in [-0.25, -0.2) is 0 Å². The fourth-order valence-corrected chi connectivity index (χ4v) is 1.18. The Labute approximate surface area is 97.1 Å². The zero-order valence-electron chi connectivity index (χ0n) is 8.53. The first-order valence-electron chi connectivity index (χ1n) is 4.11. The van der Waals surface area contributed by atoms with Crippen LogP contribution in [0.4, 0.5) is 0 Å². The normalized spacial score (nSPS) is 13.6. The van der Waals surface area contributed by atoms with Gasteiger partial charge in [0.1, 0.15) is 19.2 Å². The van der Waals surface area contributed by atoms with E-state index in [0.717, 1.165) is 0 Å². The summed E-state index contributed by atoms with van der Waals surface area (Å²) in [7, 11) is 5.50. The van der Waals surface area contributed by atoms with E-state index in [0.29, 0.717) is 24.2 Å². The maximum absolute atomic E-state index is 9.39. The first-order valence-corrected chi connectivity index (χ1v) is 4.11. The van der Waals surface area contributed by atoms with Crippen molar-refractivity contribution in [2.24, 2.45) is 0 Å². The molecule has 82 valence electrons. The van der Waals surface area contributed by atoms with E-state index in [-0.39, 0.29) is 30.6 Å². The van der Waals surface area contributed by atoms with E-state index in [4.69, 9.17) is 9.84 Å². The number of halogens is 1. The second kappa shape index (κ2) is 7.93. The number of hydrogen-bond donors (Lipinski definition) is 2. The van der Waals surface area contributed by atoms with Crippen LogP contribution in [-0.4, -0.2) is 68.3 Å². The summed E-state index contributed by atoms with van der Waals surface area (Å²) in [4.78, 5) is 0. The van der Waals surface area contributed by atoms with Gasteiger partial charge in [-0.3, -0.25) is 0 Å². The van der Waals surface area contributed by atoms with Gasteiger partial charge in [-0.05, 0) is 0 Å². The van der Waals surface area contributed by atoms with Crippen LogP contribution in [0.5, 0.6) is 0 Å². The van der Waals surface area contributed by atoms with Crippen LogP contribution in [-0.2, 0) is 4.74 Å². The van der Waals surface area contributed by atoms with Gasteiger partial charge in [0.15, 0.2) is 0 Å². The van der Waals surface area contributed by atoms with Gasteiger partial charge < -0.3 is 43.4 Å². The third-order valence-electron chi connectivity index (χ3n) is 1.77. The predicted octanol–water partition coefficient (Wildman–Crippen LogP) is -3.93. The molecular weight excluding hydrogens is 285 g/mol. The van der Waals surface area contributed by atoms with E-state index in [9.17, 15) is 5.11 Å². The lowest BCUT2D eigenvalue weighted by molar-refractivity contribution is -0.893. The minimum atomic E-state index is -0.448. The highest BCUT2D eigenvalue weighted by Crippen LogP contribution is 1.99. The Kier molecular flexibility index (Phi) is 9.77. The Morgan fingerprint density at radius 1 is 1.38 bits per heavy atom. The lowest BCUT2D eigenvalue weighted by atomic mass is 10.3. The van der Waals surface area contributed by atoms with Crippen LogP contribution in [0.25, 0.3) is 0 Å². The Bertz CT molecular complexity index is 122. The summed E-state index contributed by atoms with van der Waals surface area (Å²) < 4.78 is 5.42. The second-order valence-electron chi connectivity index (χ2n) is 3.67. The lowest BCUT2D eigenvalue weighted by Crippen LogP contribution is -3.00. The van der Waals surface area contributed by atoms with E-state index in [1.54, 1.807) is 7.11 Å². The summed E-state index contributed by atoms with van der Waals surface area (Å²) in [6, 6.07) is 0. The molecule has 0 aromatic carbocycles. The molecule has 0 saturated carbocycles. The zero-order valence-corrected chi connectivity index (χ0v) is 10.7. The van der Waals surface area contributed by atoms with Gasteiger partial charge in [0.25, 0.3) is 0 Å². The van der Waals surface area contributed by atoms with Crippen molar-refractivity contribution in [2.75, 3.05) is 47.5 Å². The molecule has 0 amide bonds. The van der Waals surface area contributed by atoms with Crippen molar-refractivity contribution in [3.05, 3.63) is 0 Å². The van der Waals surface area contributed by atoms with Gasteiger partial charge in [-0.1, -0.05) is 0 Å². The van der Waals surface area contributed by atoms with Crippen LogP contribution < -0.4 is 24.0 Å². The Morgan fingerprint density at radius 3 is 2.31 bits per heavy atom. The van der Waals surface area contributed by atoms with Crippen LogP contribution in [0.15, 0.2) is 0 Å². The molecule has 0 aliphatic heterocycles. The number of quaternary nitrogens is 1.